The molecular formula is C15H24. The first-order valence-corrected chi connectivity index (χ1v) is 5.97. The molecular weight excluding hydrogens is 180 g/mol. The smallest absolute Gasteiger partial charge is 0.0129 e. The highest BCUT2D eigenvalue weighted by atomic mass is 14.2. The van der Waals surface area contributed by atoms with Crippen molar-refractivity contribution in [2.24, 2.45) is 0 Å². The summed E-state index contributed by atoms with van der Waals surface area (Å²) in [6, 6.07) is 6.89. The van der Waals surface area contributed by atoms with Crippen LogP contribution >= 0.6 is 0 Å². The van der Waals surface area contributed by atoms with Gasteiger partial charge in [0.2, 0.25) is 0 Å². The van der Waals surface area contributed by atoms with E-state index in [1.807, 2.05) is 0 Å². The van der Waals surface area contributed by atoms with E-state index in [2.05, 4.69) is 59.7 Å². The van der Waals surface area contributed by atoms with Crippen molar-refractivity contribution in [3.8, 4) is 0 Å². The van der Waals surface area contributed by atoms with E-state index >= 15 is 0 Å². The quantitative estimate of drug-likeness (QED) is 0.648. The van der Waals surface area contributed by atoms with Gasteiger partial charge in [-0.3, -0.25) is 0 Å². The van der Waals surface area contributed by atoms with Gasteiger partial charge in [0.1, 0.15) is 0 Å². The lowest BCUT2D eigenvalue weighted by molar-refractivity contribution is 0.570. The van der Waals surface area contributed by atoms with Gasteiger partial charge >= 0.3 is 0 Å². The first-order valence-electron chi connectivity index (χ1n) is 5.97. The van der Waals surface area contributed by atoms with Crippen LogP contribution < -0.4 is 0 Å². The molecule has 0 fully saturated rings. The summed E-state index contributed by atoms with van der Waals surface area (Å²) in [4.78, 5) is 0. The van der Waals surface area contributed by atoms with E-state index < -0.39 is 0 Å². The first kappa shape index (κ1) is 12.3. The number of rotatable bonds is 2. The van der Waals surface area contributed by atoms with Crippen molar-refractivity contribution in [3.05, 3.63) is 34.9 Å². The number of benzene rings is 1. The Bertz CT molecular complexity index is 328. The third kappa shape index (κ3) is 2.84. The van der Waals surface area contributed by atoms with Gasteiger partial charge in [-0.25, -0.2) is 0 Å². The van der Waals surface area contributed by atoms with Gasteiger partial charge in [-0.05, 0) is 35.8 Å². The van der Waals surface area contributed by atoms with E-state index in [0.717, 1.165) is 0 Å². The van der Waals surface area contributed by atoms with E-state index in [0.29, 0.717) is 5.92 Å². The minimum atomic E-state index is 0.256. The molecule has 1 aromatic carbocycles. The molecule has 0 saturated carbocycles. The van der Waals surface area contributed by atoms with Crippen LogP contribution in [0, 0.1) is 6.92 Å². The molecule has 0 heteroatoms. The van der Waals surface area contributed by atoms with E-state index in [1.165, 1.54) is 23.1 Å². The summed E-state index contributed by atoms with van der Waals surface area (Å²) in [6.07, 6.45) is 1.21. The Morgan fingerprint density at radius 1 is 1.20 bits per heavy atom. The summed E-state index contributed by atoms with van der Waals surface area (Å²) < 4.78 is 0. The predicted octanol–water partition coefficient (Wildman–Crippen LogP) is 4.81. The first-order chi connectivity index (χ1) is 6.86. The standard InChI is InChI=1S/C15H24/c1-7-12(3)13-10-11(2)8-9-14(13)15(4,5)6/h8-10,12H,7H2,1-6H3. The predicted molar refractivity (Wildman–Crippen MR) is 68.6 cm³/mol. The molecule has 0 bridgehead atoms. The Kier molecular flexibility index (Phi) is 3.59. The molecule has 0 radical (unpaired) electrons. The zero-order valence-corrected chi connectivity index (χ0v) is 11.0. The minimum Gasteiger partial charge on any atom is -0.0648 e. The fourth-order valence-electron chi connectivity index (χ4n) is 1.99. The van der Waals surface area contributed by atoms with Gasteiger partial charge in [0.05, 0.1) is 0 Å². The van der Waals surface area contributed by atoms with Crippen molar-refractivity contribution < 1.29 is 0 Å². The average molecular weight is 204 g/mol. The fraction of sp³-hybridized carbons (Fsp3) is 0.600. The van der Waals surface area contributed by atoms with Gasteiger partial charge in [-0.2, -0.15) is 0 Å². The van der Waals surface area contributed by atoms with Crippen LogP contribution in [0.1, 0.15) is 63.6 Å². The van der Waals surface area contributed by atoms with Crippen LogP contribution in [0.3, 0.4) is 0 Å². The van der Waals surface area contributed by atoms with Crippen molar-refractivity contribution in [1.82, 2.24) is 0 Å². The highest BCUT2D eigenvalue weighted by Crippen LogP contribution is 2.32. The van der Waals surface area contributed by atoms with Crippen molar-refractivity contribution in [3.63, 3.8) is 0 Å². The van der Waals surface area contributed by atoms with Gasteiger partial charge in [-0.15, -0.1) is 0 Å². The zero-order valence-electron chi connectivity index (χ0n) is 11.0. The molecule has 15 heavy (non-hydrogen) atoms. The van der Waals surface area contributed by atoms with Crippen LogP contribution in [0.25, 0.3) is 0 Å². The summed E-state index contributed by atoms with van der Waals surface area (Å²) in [5.74, 6) is 0.666. The average Bonchev–Trinajstić information content (AvgIpc) is 2.14. The summed E-state index contributed by atoms with van der Waals surface area (Å²) >= 11 is 0. The molecule has 1 atom stereocenters. The minimum absolute atomic E-state index is 0.256. The summed E-state index contributed by atoms with van der Waals surface area (Å²) in [6.45, 7) is 13.7. The van der Waals surface area contributed by atoms with Crippen molar-refractivity contribution in [1.29, 1.82) is 0 Å². The second kappa shape index (κ2) is 4.38. The van der Waals surface area contributed by atoms with Gasteiger partial charge in [0, 0.05) is 0 Å². The van der Waals surface area contributed by atoms with Crippen LogP contribution in [-0.2, 0) is 5.41 Å². The van der Waals surface area contributed by atoms with E-state index in [9.17, 15) is 0 Å². The highest BCUT2D eigenvalue weighted by molar-refractivity contribution is 5.38. The lowest BCUT2D eigenvalue weighted by Gasteiger charge is -2.26. The third-order valence-electron chi connectivity index (χ3n) is 3.16. The Morgan fingerprint density at radius 3 is 2.27 bits per heavy atom. The Hall–Kier alpha value is -0.780. The van der Waals surface area contributed by atoms with Crippen LogP contribution in [0.5, 0.6) is 0 Å². The molecule has 0 aliphatic carbocycles. The van der Waals surface area contributed by atoms with Gasteiger partial charge in [0.25, 0.3) is 0 Å². The van der Waals surface area contributed by atoms with Crippen LogP contribution in [0.2, 0.25) is 0 Å². The Balaban J connectivity index is 3.27. The second-order valence-corrected chi connectivity index (χ2v) is 5.65. The van der Waals surface area contributed by atoms with Gasteiger partial charge in [-0.1, -0.05) is 58.4 Å². The summed E-state index contributed by atoms with van der Waals surface area (Å²) in [5, 5.41) is 0. The lowest BCUT2D eigenvalue weighted by atomic mass is 9.79. The molecule has 84 valence electrons. The molecule has 0 aromatic heterocycles. The number of hydrogen-bond donors (Lipinski definition) is 0. The Morgan fingerprint density at radius 2 is 1.80 bits per heavy atom. The molecule has 1 unspecified atom stereocenters. The highest BCUT2D eigenvalue weighted by Gasteiger charge is 2.19. The SMILES string of the molecule is CCC(C)c1cc(C)ccc1C(C)(C)C. The van der Waals surface area contributed by atoms with Crippen LogP contribution in [-0.4, -0.2) is 0 Å². The van der Waals surface area contributed by atoms with Crippen molar-refractivity contribution in [2.45, 2.75) is 59.3 Å². The summed E-state index contributed by atoms with van der Waals surface area (Å²) in [7, 11) is 0. The van der Waals surface area contributed by atoms with Gasteiger partial charge in [0.15, 0.2) is 0 Å². The third-order valence-corrected chi connectivity index (χ3v) is 3.16. The molecule has 0 N–H and O–H groups in total. The monoisotopic (exact) mass is 204 g/mol. The maximum Gasteiger partial charge on any atom is -0.0129 e. The maximum absolute atomic E-state index is 2.36. The fourth-order valence-corrected chi connectivity index (χ4v) is 1.99. The van der Waals surface area contributed by atoms with E-state index in [1.54, 1.807) is 0 Å². The molecule has 0 amide bonds. The number of hydrogen-bond acceptors (Lipinski definition) is 0. The zero-order chi connectivity index (χ0) is 11.6. The Labute approximate surface area is 94.7 Å². The second-order valence-electron chi connectivity index (χ2n) is 5.65. The van der Waals surface area contributed by atoms with Crippen molar-refractivity contribution in [2.75, 3.05) is 0 Å². The number of aryl methyl sites for hydroxylation is 1. The molecule has 0 nitrogen and oxygen atoms in total. The maximum atomic E-state index is 2.36. The normalized spacial score (nSPS) is 14.0. The van der Waals surface area contributed by atoms with Gasteiger partial charge < -0.3 is 0 Å². The lowest BCUT2D eigenvalue weighted by Crippen LogP contribution is -2.15. The molecule has 0 heterocycles. The molecule has 0 aliphatic rings. The van der Waals surface area contributed by atoms with E-state index in [4.69, 9.17) is 0 Å². The summed E-state index contributed by atoms with van der Waals surface area (Å²) in [5.41, 5.74) is 4.66. The largest absolute Gasteiger partial charge is 0.0648 e. The topological polar surface area (TPSA) is 0 Å². The molecule has 0 spiro atoms. The van der Waals surface area contributed by atoms with Crippen molar-refractivity contribution >= 4 is 0 Å². The van der Waals surface area contributed by atoms with Crippen LogP contribution in [0.4, 0.5) is 0 Å². The molecule has 1 aromatic rings. The van der Waals surface area contributed by atoms with Crippen LogP contribution in [0.15, 0.2) is 18.2 Å². The molecule has 0 saturated heterocycles. The molecule has 0 aliphatic heterocycles. The molecule has 1 rings (SSSR count). The van der Waals surface area contributed by atoms with E-state index in [-0.39, 0.29) is 5.41 Å².